The maximum atomic E-state index is 13.0. The average molecular weight is 366 g/mol. The lowest BCUT2D eigenvalue weighted by Gasteiger charge is -2.27. The van der Waals surface area contributed by atoms with Gasteiger partial charge < -0.3 is 14.5 Å². The van der Waals surface area contributed by atoms with Crippen molar-refractivity contribution in [1.82, 2.24) is 15.4 Å². The Morgan fingerprint density at radius 2 is 2.40 bits per heavy atom. The normalized spacial score (nSPS) is 18.8. The Bertz CT molecular complexity index is 733. The number of amides is 1. The maximum absolute atomic E-state index is 13.0. The highest BCUT2D eigenvalue weighted by Crippen LogP contribution is 2.35. The summed E-state index contributed by atoms with van der Waals surface area (Å²) in [5.74, 6) is 0.386. The molecule has 1 saturated heterocycles. The molecule has 1 aromatic carbocycles. The lowest BCUT2D eigenvalue weighted by Crippen LogP contribution is -2.39. The fourth-order valence-corrected chi connectivity index (χ4v) is 3.62. The summed E-state index contributed by atoms with van der Waals surface area (Å²) in [6.45, 7) is 3.05. The molecule has 0 bridgehead atoms. The van der Waals surface area contributed by atoms with Gasteiger partial charge in [0.1, 0.15) is 11.6 Å². The van der Waals surface area contributed by atoms with Crippen molar-refractivity contribution in [2.45, 2.75) is 45.1 Å². The van der Waals surface area contributed by atoms with Crippen molar-refractivity contribution < 1.29 is 14.4 Å². The highest BCUT2D eigenvalue weighted by Gasteiger charge is 2.36. The van der Waals surface area contributed by atoms with E-state index in [2.05, 4.69) is 17.4 Å². The van der Waals surface area contributed by atoms with Crippen molar-refractivity contribution in [2.24, 2.45) is 5.92 Å². The Hall–Kier alpha value is -1.63. The van der Waals surface area contributed by atoms with Gasteiger partial charge in [-0.3, -0.25) is 4.79 Å². The Kier molecular flexibility index (Phi) is 5.93. The molecule has 2 heterocycles. The van der Waals surface area contributed by atoms with Gasteiger partial charge in [0.15, 0.2) is 5.58 Å². The van der Waals surface area contributed by atoms with E-state index in [0.717, 1.165) is 37.6 Å². The van der Waals surface area contributed by atoms with Crippen LogP contribution in [0.1, 0.15) is 51.0 Å². The first-order valence-corrected chi connectivity index (χ1v) is 9.25. The van der Waals surface area contributed by atoms with Gasteiger partial charge in [-0.2, -0.15) is 0 Å². The van der Waals surface area contributed by atoms with Crippen molar-refractivity contribution in [2.75, 3.05) is 13.1 Å². The van der Waals surface area contributed by atoms with E-state index in [-0.39, 0.29) is 24.4 Å². The molecule has 3 rings (SSSR count). The Morgan fingerprint density at radius 3 is 3.16 bits per heavy atom. The third-order valence-corrected chi connectivity index (χ3v) is 5.02. The number of hydrogen-bond donors (Lipinski definition) is 2. The number of hydrogen-bond acceptors (Lipinski definition) is 5. The number of oxazole rings is 1. The number of fused-ring (bicyclic) bond motifs is 1. The number of nitrogens with zero attached hydrogens (tertiary/aromatic N) is 2. The average Bonchev–Trinajstić information content (AvgIpc) is 3.23. The maximum Gasteiger partial charge on any atom is 0.227 e. The Balaban J connectivity index is 1.81. The number of halogens is 1. The molecule has 0 radical (unpaired) electrons. The smallest absolute Gasteiger partial charge is 0.227 e. The van der Waals surface area contributed by atoms with Crippen LogP contribution >= 0.6 is 11.6 Å². The molecule has 2 atom stereocenters. The van der Waals surface area contributed by atoms with E-state index in [1.807, 2.05) is 11.0 Å². The largest absolute Gasteiger partial charge is 0.438 e. The van der Waals surface area contributed by atoms with E-state index in [4.69, 9.17) is 21.2 Å². The fourth-order valence-electron chi connectivity index (χ4n) is 3.45. The molecule has 1 aromatic heterocycles. The first-order chi connectivity index (χ1) is 12.1. The number of benzene rings is 1. The molecular weight excluding hydrogens is 342 g/mol. The summed E-state index contributed by atoms with van der Waals surface area (Å²) in [6, 6.07) is 5.20. The molecule has 0 aliphatic carbocycles. The number of aromatic nitrogens is 1. The highest BCUT2D eigenvalue weighted by atomic mass is 35.5. The second-order valence-corrected chi connectivity index (χ2v) is 6.99. The van der Waals surface area contributed by atoms with E-state index < -0.39 is 0 Å². The van der Waals surface area contributed by atoms with Crippen LogP contribution < -0.4 is 5.48 Å². The summed E-state index contributed by atoms with van der Waals surface area (Å²) in [6.07, 6.45) is 4.49. The van der Waals surface area contributed by atoms with Crippen LogP contribution in [0.3, 0.4) is 0 Å². The quantitative estimate of drug-likeness (QED) is 0.727. The number of carbonyl (C=O) groups excluding carboxylic acids is 1. The number of rotatable bonds is 7. The second kappa shape index (κ2) is 8.17. The number of hydroxylamine groups is 1. The standard InChI is InChI=1S/C18H24ClN3O3/c1-2-3-5-12(11-20-24)18(23)22-9-4-6-15(22)17-21-14-8-7-13(19)10-16(14)25-17/h7-8,10,12,15,20,24H,2-6,9,11H2,1H3/t12-,15+/m1/s1. The monoisotopic (exact) mass is 365 g/mol. The van der Waals surface area contributed by atoms with Gasteiger partial charge in [0.25, 0.3) is 0 Å². The summed E-state index contributed by atoms with van der Waals surface area (Å²) < 4.78 is 5.88. The SMILES string of the molecule is CCCC[C@H](CNO)C(=O)N1CCC[C@H]1c1nc2ccc(Cl)cc2o1. The van der Waals surface area contributed by atoms with Crippen LogP contribution in [0.25, 0.3) is 11.1 Å². The zero-order valence-electron chi connectivity index (χ0n) is 14.4. The topological polar surface area (TPSA) is 78.6 Å². The summed E-state index contributed by atoms with van der Waals surface area (Å²) in [5, 5.41) is 9.67. The van der Waals surface area contributed by atoms with Gasteiger partial charge in [-0.1, -0.05) is 31.4 Å². The van der Waals surface area contributed by atoms with Gasteiger partial charge in [-0.15, -0.1) is 0 Å². The zero-order chi connectivity index (χ0) is 17.8. The van der Waals surface area contributed by atoms with Gasteiger partial charge in [0.05, 0.1) is 5.92 Å². The summed E-state index contributed by atoms with van der Waals surface area (Å²) in [4.78, 5) is 19.4. The van der Waals surface area contributed by atoms with Crippen LogP contribution in [0.2, 0.25) is 5.02 Å². The number of likely N-dealkylation sites (tertiary alicyclic amines) is 1. The van der Waals surface area contributed by atoms with Crippen molar-refractivity contribution in [3.05, 3.63) is 29.1 Å². The summed E-state index contributed by atoms with van der Waals surface area (Å²) in [5.41, 5.74) is 3.55. The van der Waals surface area contributed by atoms with E-state index in [0.29, 0.717) is 23.0 Å². The molecular formula is C18H24ClN3O3. The third kappa shape index (κ3) is 3.97. The Morgan fingerprint density at radius 1 is 1.56 bits per heavy atom. The van der Waals surface area contributed by atoms with Gasteiger partial charge in [0.2, 0.25) is 11.8 Å². The van der Waals surface area contributed by atoms with Crippen molar-refractivity contribution in [3.8, 4) is 0 Å². The van der Waals surface area contributed by atoms with Gasteiger partial charge in [0, 0.05) is 24.2 Å². The molecule has 0 saturated carbocycles. The molecule has 136 valence electrons. The molecule has 6 nitrogen and oxygen atoms in total. The van der Waals surface area contributed by atoms with Gasteiger partial charge >= 0.3 is 0 Å². The van der Waals surface area contributed by atoms with Crippen molar-refractivity contribution in [1.29, 1.82) is 0 Å². The van der Waals surface area contributed by atoms with Crippen LogP contribution in [0.4, 0.5) is 0 Å². The lowest BCUT2D eigenvalue weighted by atomic mass is 10.00. The molecule has 1 aliphatic heterocycles. The van der Waals surface area contributed by atoms with E-state index in [1.54, 1.807) is 12.1 Å². The molecule has 0 spiro atoms. The predicted molar refractivity (Wildman–Crippen MR) is 95.5 cm³/mol. The number of carbonyl (C=O) groups is 1. The Labute approximate surface area is 152 Å². The molecule has 2 N–H and O–H groups in total. The molecule has 1 aliphatic rings. The van der Waals surface area contributed by atoms with Crippen molar-refractivity contribution >= 4 is 28.6 Å². The summed E-state index contributed by atoms with van der Waals surface area (Å²) in [7, 11) is 0. The summed E-state index contributed by atoms with van der Waals surface area (Å²) >= 11 is 6.01. The number of nitrogens with one attached hydrogen (secondary N) is 1. The highest BCUT2D eigenvalue weighted by molar-refractivity contribution is 6.31. The predicted octanol–water partition coefficient (Wildman–Crippen LogP) is 3.93. The van der Waals surface area contributed by atoms with Crippen LogP contribution in [-0.2, 0) is 4.79 Å². The molecule has 0 unspecified atom stereocenters. The second-order valence-electron chi connectivity index (χ2n) is 6.56. The van der Waals surface area contributed by atoms with Crippen LogP contribution in [0.15, 0.2) is 22.6 Å². The van der Waals surface area contributed by atoms with Crippen LogP contribution in [0.5, 0.6) is 0 Å². The van der Waals surface area contributed by atoms with E-state index >= 15 is 0 Å². The first kappa shape index (κ1) is 18.2. The minimum Gasteiger partial charge on any atom is -0.438 e. The molecule has 25 heavy (non-hydrogen) atoms. The first-order valence-electron chi connectivity index (χ1n) is 8.87. The van der Waals surface area contributed by atoms with E-state index in [9.17, 15) is 4.79 Å². The van der Waals surface area contributed by atoms with Gasteiger partial charge in [-0.25, -0.2) is 10.5 Å². The fraction of sp³-hybridized carbons (Fsp3) is 0.556. The third-order valence-electron chi connectivity index (χ3n) is 4.78. The zero-order valence-corrected chi connectivity index (χ0v) is 15.1. The van der Waals surface area contributed by atoms with Gasteiger partial charge in [-0.05, 0) is 31.4 Å². The minimum atomic E-state index is -0.232. The molecule has 1 fully saturated rings. The van der Waals surface area contributed by atoms with Crippen molar-refractivity contribution in [3.63, 3.8) is 0 Å². The van der Waals surface area contributed by atoms with Crippen LogP contribution in [0, 0.1) is 5.92 Å². The molecule has 7 heteroatoms. The van der Waals surface area contributed by atoms with Crippen LogP contribution in [-0.4, -0.2) is 34.1 Å². The molecule has 2 aromatic rings. The molecule has 1 amide bonds. The lowest BCUT2D eigenvalue weighted by molar-refractivity contribution is -0.137. The van der Waals surface area contributed by atoms with E-state index in [1.165, 1.54) is 0 Å². The minimum absolute atomic E-state index is 0.0535. The number of unbranched alkanes of at least 4 members (excludes halogenated alkanes) is 1.